The highest BCUT2D eigenvalue weighted by atomic mass is 32.2. The SMILES string of the molecule is CC(C#N)(CCC(=O)OCCSc1ccc([N+](=O)[O-])cc1[N+](=O)[O-])N=NC(C)(C#N)CCC(=O)OCCSc1ccc([N+](=O)[O-])cc1[N+](=O)[O-]. The van der Waals surface area contributed by atoms with Crippen LogP contribution in [0.3, 0.4) is 0 Å². The predicted molar refractivity (Wildman–Crippen MR) is 174 cm³/mol. The van der Waals surface area contributed by atoms with E-state index >= 15 is 0 Å². The first kappa shape index (κ1) is 40.4. The van der Waals surface area contributed by atoms with E-state index in [1.54, 1.807) is 0 Å². The number of carbonyl (C=O) groups is 2. The maximum atomic E-state index is 12.3. The summed E-state index contributed by atoms with van der Waals surface area (Å²) >= 11 is 1.92. The van der Waals surface area contributed by atoms with Gasteiger partial charge in [-0.15, -0.1) is 23.5 Å². The monoisotopic (exact) mass is 732 g/mol. The van der Waals surface area contributed by atoms with Crippen molar-refractivity contribution in [1.29, 1.82) is 10.5 Å². The highest BCUT2D eigenvalue weighted by Gasteiger charge is 2.30. The Kier molecular flexibility index (Phi) is 15.1. The van der Waals surface area contributed by atoms with Gasteiger partial charge in [-0.1, -0.05) is 0 Å². The standard InChI is InChI=1S/C28H28N8O12S2/c1-27(17-29,9-7-25(37)47-11-13-49-23-5-3-19(33(39)40)15-21(23)35(43)44)31-32-28(2,18-30)10-8-26(38)48-12-14-50-24-6-4-20(34(41)42)16-22(24)36(45)46/h3-6,15-16H,7-14H2,1-2H3. The third-order valence-corrected chi connectivity index (χ3v) is 8.57. The van der Waals surface area contributed by atoms with Crippen LogP contribution in [0.25, 0.3) is 0 Å². The van der Waals surface area contributed by atoms with Gasteiger partial charge in [-0.3, -0.25) is 50.0 Å². The normalized spacial score (nSPS) is 13.2. The van der Waals surface area contributed by atoms with Crippen LogP contribution in [0.4, 0.5) is 22.7 Å². The number of hydrogen-bond acceptors (Lipinski definition) is 18. The minimum Gasteiger partial charge on any atom is -0.465 e. The number of non-ortho nitro benzene ring substituents is 2. The molecule has 0 amide bonds. The first-order valence-corrected chi connectivity index (χ1v) is 16.2. The molecule has 0 aliphatic rings. The van der Waals surface area contributed by atoms with E-state index in [1.807, 2.05) is 12.1 Å². The van der Waals surface area contributed by atoms with Gasteiger partial charge < -0.3 is 9.47 Å². The molecule has 0 aliphatic carbocycles. The molecule has 50 heavy (non-hydrogen) atoms. The van der Waals surface area contributed by atoms with Gasteiger partial charge >= 0.3 is 11.9 Å². The number of nitro groups is 4. The van der Waals surface area contributed by atoms with Gasteiger partial charge in [-0.05, 0) is 38.8 Å². The van der Waals surface area contributed by atoms with Gasteiger partial charge in [0.1, 0.15) is 13.2 Å². The number of esters is 2. The zero-order valence-corrected chi connectivity index (χ0v) is 28.0. The molecule has 2 aromatic carbocycles. The zero-order valence-electron chi connectivity index (χ0n) is 26.4. The maximum absolute atomic E-state index is 12.3. The molecule has 264 valence electrons. The van der Waals surface area contributed by atoms with Crippen LogP contribution in [0.1, 0.15) is 39.5 Å². The van der Waals surface area contributed by atoms with Gasteiger partial charge in [0.25, 0.3) is 22.7 Å². The Hall–Kier alpha value is -5.74. The fourth-order valence-electron chi connectivity index (χ4n) is 3.69. The second-order valence-corrected chi connectivity index (χ2v) is 12.7. The van der Waals surface area contributed by atoms with E-state index in [1.165, 1.54) is 26.0 Å². The minimum absolute atomic E-state index is 0.101. The molecule has 0 fully saturated rings. The summed E-state index contributed by atoms with van der Waals surface area (Å²) in [6, 6.07) is 10.2. The van der Waals surface area contributed by atoms with Crippen molar-refractivity contribution in [2.45, 2.75) is 60.4 Å². The molecule has 2 atom stereocenters. The summed E-state index contributed by atoms with van der Waals surface area (Å²) < 4.78 is 10.2. The highest BCUT2D eigenvalue weighted by Crippen LogP contribution is 2.33. The number of hydrogen-bond donors (Lipinski definition) is 0. The Morgan fingerprint density at radius 3 is 1.36 bits per heavy atom. The molecule has 0 N–H and O–H groups in total. The summed E-state index contributed by atoms with van der Waals surface area (Å²) in [4.78, 5) is 66.1. The molecule has 0 saturated heterocycles. The van der Waals surface area contributed by atoms with Crippen LogP contribution in [-0.2, 0) is 19.1 Å². The number of carbonyl (C=O) groups excluding carboxylic acids is 2. The molecule has 22 heteroatoms. The van der Waals surface area contributed by atoms with Gasteiger partial charge in [-0.2, -0.15) is 20.8 Å². The van der Waals surface area contributed by atoms with Crippen LogP contribution in [0.15, 0.2) is 56.4 Å². The molecule has 2 aromatic rings. The van der Waals surface area contributed by atoms with E-state index in [0.717, 1.165) is 47.8 Å². The van der Waals surface area contributed by atoms with E-state index in [4.69, 9.17) is 9.47 Å². The van der Waals surface area contributed by atoms with Crippen LogP contribution in [0.2, 0.25) is 0 Å². The number of thioether (sulfide) groups is 2. The number of nitrogens with zero attached hydrogens (tertiary/aromatic N) is 8. The summed E-state index contributed by atoms with van der Waals surface area (Å²) in [7, 11) is 0. The largest absolute Gasteiger partial charge is 0.465 e. The first-order valence-electron chi connectivity index (χ1n) is 14.2. The van der Waals surface area contributed by atoms with E-state index in [0.29, 0.717) is 0 Å². The Balaban J connectivity index is 1.82. The summed E-state index contributed by atoms with van der Waals surface area (Å²) in [5.41, 5.74) is -4.88. The molecule has 0 bridgehead atoms. The van der Waals surface area contributed by atoms with E-state index < -0.39 is 65.5 Å². The van der Waals surface area contributed by atoms with Crippen LogP contribution in [0, 0.1) is 63.1 Å². The summed E-state index contributed by atoms with van der Waals surface area (Å²) in [6.45, 7) is 2.46. The molecule has 0 heterocycles. The topological polar surface area (TPSA) is 297 Å². The number of ether oxygens (including phenoxy) is 2. The Labute approximate surface area is 291 Å². The van der Waals surface area contributed by atoms with Gasteiger partial charge in [0.15, 0.2) is 11.1 Å². The molecule has 0 saturated carbocycles. The molecule has 2 unspecified atom stereocenters. The Bertz CT molecular complexity index is 1640. The predicted octanol–water partition coefficient (Wildman–Crippen LogP) is 5.87. The quantitative estimate of drug-likeness (QED) is 0.0384. The lowest BCUT2D eigenvalue weighted by atomic mass is 9.97. The molecule has 20 nitrogen and oxygen atoms in total. The smallest absolute Gasteiger partial charge is 0.305 e. The molecular formula is C28H28N8O12S2. The van der Waals surface area contributed by atoms with Crippen LogP contribution in [-0.4, -0.2) is 67.4 Å². The molecule has 0 spiro atoms. The van der Waals surface area contributed by atoms with Crippen LogP contribution >= 0.6 is 23.5 Å². The minimum atomic E-state index is -1.54. The van der Waals surface area contributed by atoms with Crippen molar-refractivity contribution in [1.82, 2.24) is 0 Å². The number of nitriles is 2. The molecule has 0 radical (unpaired) electrons. The van der Waals surface area contributed by atoms with Gasteiger partial charge in [0.05, 0.1) is 53.8 Å². The Morgan fingerprint density at radius 2 is 1.06 bits per heavy atom. The van der Waals surface area contributed by atoms with Crippen molar-refractivity contribution >= 4 is 58.2 Å². The van der Waals surface area contributed by atoms with E-state index in [2.05, 4.69) is 10.2 Å². The van der Waals surface area contributed by atoms with Gasteiger partial charge in [0.2, 0.25) is 0 Å². The lowest BCUT2D eigenvalue weighted by Crippen LogP contribution is -2.25. The number of nitro benzene ring substituents is 4. The molecule has 2 rings (SSSR count). The first-order chi connectivity index (χ1) is 23.5. The van der Waals surface area contributed by atoms with Crippen molar-refractivity contribution < 1.29 is 38.8 Å². The van der Waals surface area contributed by atoms with Crippen LogP contribution < -0.4 is 0 Å². The van der Waals surface area contributed by atoms with Crippen molar-refractivity contribution in [3.05, 3.63) is 76.9 Å². The lowest BCUT2D eigenvalue weighted by molar-refractivity contribution is -0.396. The van der Waals surface area contributed by atoms with Crippen LogP contribution in [0.5, 0.6) is 0 Å². The summed E-state index contributed by atoms with van der Waals surface area (Å²) in [6.07, 6.45) is -0.800. The fraction of sp³-hybridized carbons (Fsp3) is 0.429. The van der Waals surface area contributed by atoms with Gasteiger partial charge in [0, 0.05) is 36.5 Å². The summed E-state index contributed by atoms with van der Waals surface area (Å²) in [5.74, 6) is -1.20. The molecular weight excluding hydrogens is 704 g/mol. The number of benzene rings is 2. The van der Waals surface area contributed by atoms with E-state index in [9.17, 15) is 60.6 Å². The second kappa shape index (κ2) is 18.7. The van der Waals surface area contributed by atoms with E-state index in [-0.39, 0.29) is 60.2 Å². The third kappa shape index (κ3) is 12.7. The average Bonchev–Trinajstić information content (AvgIpc) is 3.09. The van der Waals surface area contributed by atoms with Crippen molar-refractivity contribution in [2.24, 2.45) is 10.2 Å². The molecule has 0 aliphatic heterocycles. The maximum Gasteiger partial charge on any atom is 0.305 e. The Morgan fingerprint density at radius 1 is 0.700 bits per heavy atom. The highest BCUT2D eigenvalue weighted by molar-refractivity contribution is 7.99. The van der Waals surface area contributed by atoms with Crippen molar-refractivity contribution in [2.75, 3.05) is 24.7 Å². The van der Waals surface area contributed by atoms with Crippen molar-refractivity contribution in [3.63, 3.8) is 0 Å². The third-order valence-electron chi connectivity index (χ3n) is 6.51. The van der Waals surface area contributed by atoms with Crippen molar-refractivity contribution in [3.8, 4) is 12.1 Å². The summed E-state index contributed by atoms with van der Waals surface area (Å²) in [5, 5.41) is 71.5. The fourth-order valence-corrected chi connectivity index (χ4v) is 5.36. The average molecular weight is 733 g/mol. The zero-order chi connectivity index (χ0) is 37.5. The lowest BCUT2D eigenvalue weighted by Gasteiger charge is -2.19. The molecule has 0 aromatic heterocycles. The number of rotatable bonds is 20. The number of azo groups is 1. The second-order valence-electron chi connectivity index (χ2n) is 10.4. The van der Waals surface area contributed by atoms with Gasteiger partial charge in [-0.25, -0.2) is 0 Å².